The van der Waals surface area contributed by atoms with Crippen LogP contribution >= 0.6 is 49.7 Å². The first-order chi connectivity index (χ1) is 5.29. The van der Waals surface area contributed by atoms with Crippen LogP contribution < -0.4 is 0 Å². The third-order valence-corrected chi connectivity index (χ3v) is 2.30. The van der Waals surface area contributed by atoms with Gasteiger partial charge in [-0.25, -0.2) is 0 Å². The minimum atomic E-state index is 0. The predicted molar refractivity (Wildman–Crippen MR) is 70.5 cm³/mol. The Morgan fingerprint density at radius 1 is 0.846 bits per heavy atom. The van der Waals surface area contributed by atoms with Crippen LogP contribution in [0.5, 0.6) is 0 Å². The standard InChI is InChI=1S/2C3H7NS2.Ni/c2*1-4(2)3(5)6;/h2*1-2H3,(H,5,6);. The van der Waals surface area contributed by atoms with E-state index in [1.807, 2.05) is 28.2 Å². The maximum absolute atomic E-state index is 4.61. The zero-order valence-electron chi connectivity index (χ0n) is 7.92. The predicted octanol–water partition coefficient (Wildman–Crippen LogP) is 1.52. The minimum absolute atomic E-state index is 0. The van der Waals surface area contributed by atoms with Crippen molar-refractivity contribution in [3.8, 4) is 0 Å². The Bertz CT molecular complexity index is 143. The van der Waals surface area contributed by atoms with Crippen LogP contribution in [-0.4, -0.2) is 46.6 Å². The number of thiocarbonyl (C=S) groups is 2. The van der Waals surface area contributed by atoms with Crippen molar-refractivity contribution in [3.63, 3.8) is 0 Å². The number of rotatable bonds is 0. The van der Waals surface area contributed by atoms with Crippen LogP contribution in [-0.2, 0) is 16.5 Å². The molecule has 0 fully saturated rings. The zero-order chi connectivity index (χ0) is 10.3. The topological polar surface area (TPSA) is 6.48 Å². The second kappa shape index (κ2) is 11.1. The number of hydrogen-bond donors (Lipinski definition) is 2. The fraction of sp³-hybridized carbons (Fsp3) is 0.667. The van der Waals surface area contributed by atoms with Crippen molar-refractivity contribution < 1.29 is 16.5 Å². The molecule has 0 bridgehead atoms. The zero-order valence-corrected chi connectivity index (χ0v) is 12.3. The van der Waals surface area contributed by atoms with Gasteiger partial charge in [-0.1, -0.05) is 24.4 Å². The smallest absolute Gasteiger partial charge is 0.132 e. The summed E-state index contributed by atoms with van der Waals surface area (Å²) in [5.41, 5.74) is 0. The van der Waals surface area contributed by atoms with Crippen molar-refractivity contribution in [2.45, 2.75) is 0 Å². The Balaban J connectivity index is -0.000000143. The van der Waals surface area contributed by atoms with Crippen LogP contribution in [0.25, 0.3) is 0 Å². The molecule has 7 heteroatoms. The normalized spacial score (nSPS) is 7.23. The van der Waals surface area contributed by atoms with Gasteiger partial charge in [-0.2, -0.15) is 0 Å². The largest absolute Gasteiger partial charge is 0.364 e. The van der Waals surface area contributed by atoms with Crippen LogP contribution in [0.15, 0.2) is 0 Å². The van der Waals surface area contributed by atoms with E-state index in [1.165, 1.54) is 0 Å². The molecule has 0 atom stereocenters. The summed E-state index contributed by atoms with van der Waals surface area (Å²) in [5.74, 6) is 0. The van der Waals surface area contributed by atoms with Crippen LogP contribution in [0.1, 0.15) is 0 Å². The molecular weight excluding hydrogens is 287 g/mol. The molecule has 2 nitrogen and oxygen atoms in total. The maximum atomic E-state index is 4.61. The number of thiol groups is 2. The fourth-order valence-corrected chi connectivity index (χ4v) is 0. The molecule has 0 aromatic heterocycles. The van der Waals surface area contributed by atoms with E-state index in [1.54, 1.807) is 9.80 Å². The monoisotopic (exact) mass is 300 g/mol. The average molecular weight is 301 g/mol. The third-order valence-electron chi connectivity index (χ3n) is 0.765. The van der Waals surface area contributed by atoms with Gasteiger partial charge < -0.3 is 9.80 Å². The summed E-state index contributed by atoms with van der Waals surface area (Å²) in [4.78, 5) is 3.52. The van der Waals surface area contributed by atoms with E-state index in [0.717, 1.165) is 0 Å². The van der Waals surface area contributed by atoms with Crippen LogP contribution in [0, 0.1) is 0 Å². The molecule has 0 aromatic rings. The van der Waals surface area contributed by atoms with Crippen molar-refractivity contribution in [2.24, 2.45) is 0 Å². The van der Waals surface area contributed by atoms with Crippen molar-refractivity contribution in [3.05, 3.63) is 0 Å². The summed E-state index contributed by atoms with van der Waals surface area (Å²) in [5, 5.41) is 0. The van der Waals surface area contributed by atoms with E-state index in [2.05, 4.69) is 49.7 Å². The quantitative estimate of drug-likeness (QED) is 0.398. The van der Waals surface area contributed by atoms with Gasteiger partial charge in [-0.05, 0) is 0 Å². The molecule has 0 radical (unpaired) electrons. The Kier molecular flexibility index (Phi) is 16.6. The van der Waals surface area contributed by atoms with Gasteiger partial charge in [-0.3, -0.25) is 0 Å². The minimum Gasteiger partial charge on any atom is -0.364 e. The van der Waals surface area contributed by atoms with Crippen LogP contribution in [0.4, 0.5) is 0 Å². The van der Waals surface area contributed by atoms with E-state index < -0.39 is 0 Å². The Morgan fingerprint density at radius 2 is 0.923 bits per heavy atom. The molecule has 0 aromatic carbocycles. The Morgan fingerprint density at radius 3 is 0.923 bits per heavy atom. The van der Waals surface area contributed by atoms with E-state index in [9.17, 15) is 0 Å². The molecule has 0 saturated heterocycles. The second-order valence-electron chi connectivity index (χ2n) is 2.35. The van der Waals surface area contributed by atoms with Gasteiger partial charge in [0, 0.05) is 44.7 Å². The first-order valence-corrected chi connectivity index (χ1v) is 4.80. The Hall–Kier alpha value is 0.974. The molecule has 13 heavy (non-hydrogen) atoms. The summed E-state index contributed by atoms with van der Waals surface area (Å²) < 4.78 is 1.24. The summed E-state index contributed by atoms with van der Waals surface area (Å²) in [7, 11) is 7.43. The second-order valence-corrected chi connectivity index (χ2v) is 4.58. The Labute approximate surface area is 112 Å². The SMILES string of the molecule is CN(C)C(=S)S.CN(C)C(=S)S.[Ni]. The van der Waals surface area contributed by atoms with E-state index >= 15 is 0 Å². The van der Waals surface area contributed by atoms with Crippen molar-refractivity contribution in [1.29, 1.82) is 0 Å². The van der Waals surface area contributed by atoms with E-state index in [4.69, 9.17) is 0 Å². The van der Waals surface area contributed by atoms with Crippen LogP contribution in [0.2, 0.25) is 0 Å². The van der Waals surface area contributed by atoms with Gasteiger partial charge in [0.15, 0.2) is 0 Å². The van der Waals surface area contributed by atoms with E-state index in [0.29, 0.717) is 8.64 Å². The molecule has 0 amide bonds. The molecule has 0 heterocycles. The summed E-state index contributed by atoms with van der Waals surface area (Å²) in [6.45, 7) is 0. The fourth-order valence-electron chi connectivity index (χ4n) is 0. The van der Waals surface area contributed by atoms with Crippen LogP contribution in [0.3, 0.4) is 0 Å². The summed E-state index contributed by atoms with van der Waals surface area (Å²) in [6.07, 6.45) is 0. The van der Waals surface area contributed by atoms with Gasteiger partial charge in [-0.15, -0.1) is 25.3 Å². The molecule has 0 unspecified atom stereocenters. The number of hydrogen-bond acceptors (Lipinski definition) is 2. The van der Waals surface area contributed by atoms with Gasteiger partial charge in [0.25, 0.3) is 0 Å². The van der Waals surface area contributed by atoms with Gasteiger partial charge in [0.1, 0.15) is 8.64 Å². The van der Waals surface area contributed by atoms with E-state index in [-0.39, 0.29) is 16.5 Å². The molecule has 82 valence electrons. The molecule has 0 rings (SSSR count). The average Bonchev–Trinajstić information content (AvgIpc) is 1.88. The first-order valence-electron chi connectivity index (χ1n) is 3.09. The summed E-state index contributed by atoms with van der Waals surface area (Å²) >= 11 is 16.9. The van der Waals surface area contributed by atoms with Crippen molar-refractivity contribution in [2.75, 3.05) is 28.2 Å². The van der Waals surface area contributed by atoms with Gasteiger partial charge in [0.05, 0.1) is 0 Å². The van der Waals surface area contributed by atoms with Crippen molar-refractivity contribution >= 4 is 58.3 Å². The molecule has 0 aliphatic rings. The number of nitrogens with zero attached hydrogens (tertiary/aromatic N) is 2. The maximum Gasteiger partial charge on any atom is 0.132 e. The van der Waals surface area contributed by atoms with Crippen molar-refractivity contribution in [1.82, 2.24) is 9.80 Å². The molecule has 0 aliphatic heterocycles. The molecular formula is C6H14N2NiS4. The third kappa shape index (κ3) is 19.4. The van der Waals surface area contributed by atoms with Gasteiger partial charge in [0.2, 0.25) is 0 Å². The summed E-state index contributed by atoms with van der Waals surface area (Å²) in [6, 6.07) is 0. The molecule has 0 spiro atoms. The molecule has 0 aliphatic carbocycles. The molecule has 0 N–H and O–H groups in total. The van der Waals surface area contributed by atoms with Gasteiger partial charge >= 0.3 is 0 Å². The first kappa shape index (κ1) is 19.5. The molecule has 0 saturated carbocycles.